The highest BCUT2D eigenvalue weighted by atomic mass is 35.5. The molecule has 1 fully saturated rings. The summed E-state index contributed by atoms with van der Waals surface area (Å²) in [6.45, 7) is 3.59. The zero-order chi connectivity index (χ0) is 17.6. The van der Waals surface area contributed by atoms with Crippen molar-refractivity contribution in [1.82, 2.24) is 15.2 Å². The van der Waals surface area contributed by atoms with Crippen molar-refractivity contribution < 1.29 is 22.7 Å². The summed E-state index contributed by atoms with van der Waals surface area (Å²) in [6.07, 6.45) is -1.41. The van der Waals surface area contributed by atoms with Crippen LogP contribution in [0.4, 0.5) is 13.2 Å². The van der Waals surface area contributed by atoms with Crippen LogP contribution >= 0.6 is 24.8 Å². The van der Waals surface area contributed by atoms with Crippen LogP contribution in [0.25, 0.3) is 0 Å². The monoisotopic (exact) mass is 417 g/mol. The van der Waals surface area contributed by atoms with Crippen molar-refractivity contribution in [2.24, 2.45) is 5.92 Å². The molecule has 0 aliphatic carbocycles. The van der Waals surface area contributed by atoms with Crippen LogP contribution in [-0.4, -0.2) is 54.8 Å². The predicted molar refractivity (Wildman–Crippen MR) is 97.5 cm³/mol. The van der Waals surface area contributed by atoms with Crippen molar-refractivity contribution in [3.8, 4) is 5.88 Å². The van der Waals surface area contributed by atoms with E-state index in [0.29, 0.717) is 19.0 Å². The van der Waals surface area contributed by atoms with Crippen LogP contribution in [0.3, 0.4) is 0 Å². The zero-order valence-electron chi connectivity index (χ0n) is 14.4. The second kappa shape index (κ2) is 11.5. The molecule has 1 N–H and O–H groups in total. The fourth-order valence-electron chi connectivity index (χ4n) is 2.68. The number of carbonyl (C=O) groups is 1. The zero-order valence-corrected chi connectivity index (χ0v) is 16.1. The normalized spacial score (nSPS) is 15.0. The third-order valence-corrected chi connectivity index (χ3v) is 3.96. The molecule has 1 saturated heterocycles. The summed E-state index contributed by atoms with van der Waals surface area (Å²) in [7, 11) is 0. The lowest BCUT2D eigenvalue weighted by atomic mass is 9.96. The maximum absolute atomic E-state index is 12.6. The van der Waals surface area contributed by atoms with Gasteiger partial charge in [0.1, 0.15) is 5.56 Å². The van der Waals surface area contributed by atoms with Gasteiger partial charge < -0.3 is 15.0 Å². The predicted octanol–water partition coefficient (Wildman–Crippen LogP) is 3.33. The Labute approximate surface area is 163 Å². The summed E-state index contributed by atoms with van der Waals surface area (Å²) in [6, 6.07) is 2.97. The number of halogens is 5. The Kier molecular flexibility index (Phi) is 10.9. The molecule has 0 bridgehead atoms. The molecular weight excluding hydrogens is 394 g/mol. The van der Waals surface area contributed by atoms with Crippen LogP contribution < -0.4 is 10.1 Å². The Hall–Kier alpha value is -1.25. The van der Waals surface area contributed by atoms with Crippen molar-refractivity contribution in [1.29, 1.82) is 0 Å². The number of rotatable bonds is 6. The van der Waals surface area contributed by atoms with E-state index in [1.54, 1.807) is 4.90 Å². The molecule has 2 rings (SSSR count). The van der Waals surface area contributed by atoms with E-state index in [1.807, 2.05) is 6.92 Å². The van der Waals surface area contributed by atoms with Crippen LogP contribution in [0.1, 0.15) is 30.1 Å². The summed E-state index contributed by atoms with van der Waals surface area (Å²) in [5.41, 5.74) is 0.0758. The smallest absolute Gasteiger partial charge is 0.422 e. The number of pyridine rings is 1. The second-order valence-electron chi connectivity index (χ2n) is 5.80. The van der Waals surface area contributed by atoms with E-state index in [2.05, 4.69) is 10.3 Å². The first kappa shape index (κ1) is 24.8. The minimum absolute atomic E-state index is 0. The minimum atomic E-state index is -4.47. The van der Waals surface area contributed by atoms with Gasteiger partial charge >= 0.3 is 6.18 Å². The molecule has 1 amide bonds. The molecular formula is C16H24Cl2F3N3O2. The van der Waals surface area contributed by atoms with E-state index < -0.39 is 12.8 Å². The highest BCUT2D eigenvalue weighted by molar-refractivity contribution is 5.96. The average Bonchev–Trinajstić information content (AvgIpc) is 2.57. The van der Waals surface area contributed by atoms with Crippen molar-refractivity contribution in [2.45, 2.75) is 25.9 Å². The molecule has 1 aliphatic rings. The standard InChI is InChI=1S/C16H22F3N3O2.2ClH/c1-2-20-10-12-5-8-22(9-6-12)15(23)13-4-3-7-21-14(13)24-11-16(17,18)19;;/h3-4,7,12,20H,2,5-6,8-11H2,1H3;2*1H. The van der Waals surface area contributed by atoms with Crippen LogP contribution in [0.15, 0.2) is 18.3 Å². The van der Waals surface area contributed by atoms with Gasteiger partial charge in [0.25, 0.3) is 5.91 Å². The van der Waals surface area contributed by atoms with E-state index in [0.717, 1.165) is 25.9 Å². The summed E-state index contributed by atoms with van der Waals surface area (Å²) in [5.74, 6) is -0.0828. The van der Waals surface area contributed by atoms with Gasteiger partial charge in [0.05, 0.1) is 0 Å². The number of nitrogens with zero attached hydrogens (tertiary/aromatic N) is 2. The molecule has 1 aromatic heterocycles. The van der Waals surface area contributed by atoms with Gasteiger partial charge in [0.15, 0.2) is 6.61 Å². The van der Waals surface area contributed by atoms with Crippen LogP contribution in [-0.2, 0) is 0 Å². The fourth-order valence-corrected chi connectivity index (χ4v) is 2.68. The molecule has 0 atom stereocenters. The molecule has 0 unspecified atom stereocenters. The van der Waals surface area contributed by atoms with Gasteiger partial charge in [-0.05, 0) is 44.0 Å². The number of piperidine rings is 1. The average molecular weight is 418 g/mol. The molecule has 1 aromatic rings. The Morgan fingerprint density at radius 3 is 2.58 bits per heavy atom. The van der Waals surface area contributed by atoms with E-state index in [1.165, 1.54) is 18.3 Å². The van der Waals surface area contributed by atoms with Crippen molar-refractivity contribution >= 4 is 30.7 Å². The number of nitrogens with one attached hydrogen (secondary N) is 1. The van der Waals surface area contributed by atoms with Crippen LogP contribution in [0.2, 0.25) is 0 Å². The van der Waals surface area contributed by atoms with Crippen LogP contribution in [0, 0.1) is 5.92 Å². The quantitative estimate of drug-likeness (QED) is 0.770. The van der Waals surface area contributed by atoms with Gasteiger partial charge in [0, 0.05) is 19.3 Å². The van der Waals surface area contributed by atoms with Gasteiger partial charge in [-0.3, -0.25) is 4.79 Å². The highest BCUT2D eigenvalue weighted by Crippen LogP contribution is 2.24. The van der Waals surface area contributed by atoms with Crippen molar-refractivity contribution in [3.05, 3.63) is 23.9 Å². The Bertz CT molecular complexity index is 554. The second-order valence-corrected chi connectivity index (χ2v) is 5.80. The SMILES string of the molecule is CCNCC1CCN(C(=O)c2cccnc2OCC(F)(F)F)CC1.Cl.Cl. The lowest BCUT2D eigenvalue weighted by molar-refractivity contribution is -0.154. The van der Waals surface area contributed by atoms with E-state index in [4.69, 9.17) is 4.74 Å². The topological polar surface area (TPSA) is 54.5 Å². The Morgan fingerprint density at radius 2 is 2.00 bits per heavy atom. The largest absolute Gasteiger partial charge is 0.467 e. The van der Waals surface area contributed by atoms with Crippen molar-refractivity contribution in [3.63, 3.8) is 0 Å². The number of aromatic nitrogens is 1. The fraction of sp³-hybridized carbons (Fsp3) is 0.625. The molecule has 1 aliphatic heterocycles. The lowest BCUT2D eigenvalue weighted by Crippen LogP contribution is -2.41. The number of hydrogen-bond donors (Lipinski definition) is 1. The molecule has 150 valence electrons. The van der Waals surface area contributed by atoms with E-state index in [9.17, 15) is 18.0 Å². The van der Waals surface area contributed by atoms with Gasteiger partial charge in [0.2, 0.25) is 5.88 Å². The summed E-state index contributed by atoms with van der Waals surface area (Å²) < 4.78 is 41.7. The number of ether oxygens (including phenoxy) is 1. The molecule has 0 spiro atoms. The minimum Gasteiger partial charge on any atom is -0.467 e. The maximum atomic E-state index is 12.6. The molecule has 10 heteroatoms. The molecule has 0 aromatic carbocycles. The van der Waals surface area contributed by atoms with Gasteiger partial charge in [-0.25, -0.2) is 4.98 Å². The Balaban J connectivity index is 0.00000312. The summed E-state index contributed by atoms with van der Waals surface area (Å²) in [4.78, 5) is 18.0. The highest BCUT2D eigenvalue weighted by Gasteiger charge is 2.31. The lowest BCUT2D eigenvalue weighted by Gasteiger charge is -2.32. The number of amides is 1. The first-order valence-corrected chi connectivity index (χ1v) is 8.05. The van der Waals surface area contributed by atoms with Crippen LogP contribution in [0.5, 0.6) is 5.88 Å². The van der Waals surface area contributed by atoms with Gasteiger partial charge in [-0.15, -0.1) is 24.8 Å². The van der Waals surface area contributed by atoms with E-state index >= 15 is 0 Å². The molecule has 2 heterocycles. The summed E-state index contributed by atoms with van der Waals surface area (Å²) in [5, 5.41) is 3.29. The third-order valence-electron chi connectivity index (χ3n) is 3.96. The first-order chi connectivity index (χ1) is 11.4. The number of alkyl halides is 3. The Morgan fingerprint density at radius 1 is 1.35 bits per heavy atom. The molecule has 0 saturated carbocycles. The third kappa shape index (κ3) is 7.55. The van der Waals surface area contributed by atoms with Gasteiger partial charge in [-0.2, -0.15) is 13.2 Å². The number of likely N-dealkylation sites (tertiary alicyclic amines) is 1. The molecule has 0 radical (unpaired) electrons. The molecule has 26 heavy (non-hydrogen) atoms. The number of carbonyl (C=O) groups excluding carboxylic acids is 1. The first-order valence-electron chi connectivity index (χ1n) is 8.05. The maximum Gasteiger partial charge on any atom is 0.422 e. The van der Waals surface area contributed by atoms with Gasteiger partial charge in [-0.1, -0.05) is 6.92 Å². The molecule has 5 nitrogen and oxygen atoms in total. The van der Waals surface area contributed by atoms with Crippen molar-refractivity contribution in [2.75, 3.05) is 32.8 Å². The van der Waals surface area contributed by atoms with E-state index in [-0.39, 0.29) is 42.2 Å². The number of hydrogen-bond acceptors (Lipinski definition) is 4. The summed E-state index contributed by atoms with van der Waals surface area (Å²) >= 11 is 0.